The Hall–Kier alpha value is -0.540. The number of halogens is 1. The molecule has 0 amide bonds. The van der Waals surface area contributed by atoms with Crippen molar-refractivity contribution in [3.8, 4) is 5.75 Å². The third-order valence-corrected chi connectivity index (χ3v) is 3.75. The molecule has 2 nitrogen and oxygen atoms in total. The van der Waals surface area contributed by atoms with Crippen LogP contribution in [0.5, 0.6) is 5.75 Å². The van der Waals surface area contributed by atoms with Crippen LogP contribution in [0.1, 0.15) is 23.5 Å². The number of rotatable bonds is 1. The van der Waals surface area contributed by atoms with Crippen LogP contribution in [0, 0.1) is 6.92 Å². The van der Waals surface area contributed by atoms with Gasteiger partial charge in [0.25, 0.3) is 0 Å². The fraction of sp³-hybridized carbons (Fsp3) is 0.455. The second-order valence-electron chi connectivity index (χ2n) is 3.79. The molecule has 0 aromatic heterocycles. The second-order valence-corrected chi connectivity index (χ2v) is 4.65. The van der Waals surface area contributed by atoms with E-state index in [4.69, 9.17) is 0 Å². The van der Waals surface area contributed by atoms with E-state index in [1.54, 1.807) is 6.07 Å². The van der Waals surface area contributed by atoms with Crippen LogP contribution in [-0.4, -0.2) is 18.2 Å². The minimum absolute atomic E-state index is 0.430. The molecule has 2 N–H and O–H groups in total. The van der Waals surface area contributed by atoms with Gasteiger partial charge in [-0.1, -0.05) is 15.9 Å². The normalized spacial score (nSPS) is 21.4. The molecule has 2 rings (SSSR count). The summed E-state index contributed by atoms with van der Waals surface area (Å²) in [5.74, 6) is 0.895. The standard InChI is InChI=1S/C11H14BrNO/c1-7-9(12)2-3-10(14)11(7)8-4-5-13-6-8/h2-3,8,13-14H,4-6H2,1H3. The monoisotopic (exact) mass is 255 g/mol. The first kappa shape index (κ1) is 9.99. The van der Waals surface area contributed by atoms with Crippen LogP contribution >= 0.6 is 15.9 Å². The molecule has 1 aliphatic heterocycles. The molecule has 0 saturated carbocycles. The predicted octanol–water partition coefficient (Wildman–Crippen LogP) is 2.54. The Morgan fingerprint density at radius 2 is 2.29 bits per heavy atom. The van der Waals surface area contributed by atoms with Crippen molar-refractivity contribution in [2.45, 2.75) is 19.3 Å². The number of aromatic hydroxyl groups is 1. The molecule has 1 aliphatic rings. The Balaban J connectivity index is 2.44. The van der Waals surface area contributed by atoms with Crippen LogP contribution in [0.3, 0.4) is 0 Å². The molecule has 1 unspecified atom stereocenters. The Kier molecular flexibility index (Phi) is 2.79. The summed E-state index contributed by atoms with van der Waals surface area (Å²) in [7, 11) is 0. The first-order valence-electron chi connectivity index (χ1n) is 4.89. The highest BCUT2D eigenvalue weighted by molar-refractivity contribution is 9.10. The molecule has 1 aromatic rings. The molecule has 1 saturated heterocycles. The zero-order chi connectivity index (χ0) is 10.1. The average Bonchev–Trinajstić information content (AvgIpc) is 2.65. The van der Waals surface area contributed by atoms with Crippen molar-refractivity contribution >= 4 is 15.9 Å². The van der Waals surface area contributed by atoms with E-state index in [9.17, 15) is 5.11 Å². The Bertz CT molecular complexity index is 345. The van der Waals surface area contributed by atoms with Gasteiger partial charge >= 0.3 is 0 Å². The molecule has 0 bridgehead atoms. The van der Waals surface area contributed by atoms with Gasteiger partial charge in [0.1, 0.15) is 5.75 Å². The first-order chi connectivity index (χ1) is 6.70. The van der Waals surface area contributed by atoms with Gasteiger partial charge in [-0.2, -0.15) is 0 Å². The maximum atomic E-state index is 9.83. The highest BCUT2D eigenvalue weighted by Crippen LogP contribution is 2.35. The molecule has 0 radical (unpaired) electrons. The smallest absolute Gasteiger partial charge is 0.119 e. The molecule has 14 heavy (non-hydrogen) atoms. The summed E-state index contributed by atoms with van der Waals surface area (Å²) in [5.41, 5.74) is 2.27. The molecule has 1 fully saturated rings. The summed E-state index contributed by atoms with van der Waals surface area (Å²) in [6.07, 6.45) is 1.12. The summed E-state index contributed by atoms with van der Waals surface area (Å²) in [4.78, 5) is 0. The molecule has 1 aromatic carbocycles. The van der Waals surface area contributed by atoms with Crippen molar-refractivity contribution in [3.63, 3.8) is 0 Å². The van der Waals surface area contributed by atoms with Gasteiger partial charge in [0.2, 0.25) is 0 Å². The average molecular weight is 256 g/mol. The molecule has 0 spiro atoms. The van der Waals surface area contributed by atoms with Gasteiger partial charge in [-0.3, -0.25) is 0 Å². The number of nitrogens with one attached hydrogen (secondary N) is 1. The van der Waals surface area contributed by atoms with E-state index in [-0.39, 0.29) is 0 Å². The van der Waals surface area contributed by atoms with Crippen molar-refractivity contribution in [2.75, 3.05) is 13.1 Å². The van der Waals surface area contributed by atoms with Gasteiger partial charge in [-0.25, -0.2) is 0 Å². The van der Waals surface area contributed by atoms with Crippen LogP contribution in [-0.2, 0) is 0 Å². The van der Waals surface area contributed by atoms with Crippen LogP contribution < -0.4 is 5.32 Å². The number of phenolic OH excluding ortho intramolecular Hbond substituents is 1. The molecular formula is C11H14BrNO. The van der Waals surface area contributed by atoms with Crippen LogP contribution in [0.15, 0.2) is 16.6 Å². The minimum Gasteiger partial charge on any atom is -0.508 e. The van der Waals surface area contributed by atoms with Crippen LogP contribution in [0.2, 0.25) is 0 Å². The topological polar surface area (TPSA) is 32.3 Å². The quantitative estimate of drug-likeness (QED) is 0.809. The van der Waals surface area contributed by atoms with Gasteiger partial charge in [0, 0.05) is 22.5 Å². The summed E-state index contributed by atoms with van der Waals surface area (Å²) in [6, 6.07) is 3.67. The van der Waals surface area contributed by atoms with Gasteiger partial charge < -0.3 is 10.4 Å². The number of hydrogen-bond donors (Lipinski definition) is 2. The van der Waals surface area contributed by atoms with E-state index in [1.807, 2.05) is 6.07 Å². The van der Waals surface area contributed by atoms with Gasteiger partial charge in [-0.05, 0) is 37.6 Å². The van der Waals surface area contributed by atoms with Gasteiger partial charge in [0.05, 0.1) is 0 Å². The van der Waals surface area contributed by atoms with E-state index >= 15 is 0 Å². The number of benzene rings is 1. The zero-order valence-corrected chi connectivity index (χ0v) is 9.76. The highest BCUT2D eigenvalue weighted by Gasteiger charge is 2.22. The minimum atomic E-state index is 0.430. The maximum absolute atomic E-state index is 9.83. The number of phenols is 1. The third kappa shape index (κ3) is 1.66. The highest BCUT2D eigenvalue weighted by atomic mass is 79.9. The van der Waals surface area contributed by atoms with E-state index in [0.717, 1.165) is 29.5 Å². The van der Waals surface area contributed by atoms with Crippen molar-refractivity contribution in [2.24, 2.45) is 0 Å². The lowest BCUT2D eigenvalue weighted by Crippen LogP contribution is -2.09. The largest absolute Gasteiger partial charge is 0.508 e. The summed E-state index contributed by atoms with van der Waals surface area (Å²) < 4.78 is 1.08. The van der Waals surface area contributed by atoms with Crippen LogP contribution in [0.25, 0.3) is 0 Å². The Morgan fingerprint density at radius 1 is 1.50 bits per heavy atom. The van der Waals surface area contributed by atoms with Crippen molar-refractivity contribution in [1.82, 2.24) is 5.32 Å². The lowest BCUT2D eigenvalue weighted by atomic mass is 9.93. The molecular weight excluding hydrogens is 242 g/mol. The molecule has 76 valence electrons. The van der Waals surface area contributed by atoms with E-state index < -0.39 is 0 Å². The van der Waals surface area contributed by atoms with E-state index in [1.165, 1.54) is 5.56 Å². The van der Waals surface area contributed by atoms with Crippen LogP contribution in [0.4, 0.5) is 0 Å². The SMILES string of the molecule is Cc1c(Br)ccc(O)c1C1CCNC1. The zero-order valence-electron chi connectivity index (χ0n) is 8.18. The Labute approximate surface area is 92.5 Å². The van der Waals surface area contributed by atoms with E-state index in [2.05, 4.69) is 28.2 Å². The summed E-state index contributed by atoms with van der Waals surface area (Å²) in [6.45, 7) is 4.08. The predicted molar refractivity (Wildman–Crippen MR) is 60.8 cm³/mol. The molecule has 1 heterocycles. The second kappa shape index (κ2) is 3.91. The van der Waals surface area contributed by atoms with Crippen molar-refractivity contribution in [1.29, 1.82) is 0 Å². The molecule has 0 aliphatic carbocycles. The summed E-state index contributed by atoms with van der Waals surface area (Å²) >= 11 is 3.50. The lowest BCUT2D eigenvalue weighted by molar-refractivity contribution is 0.461. The van der Waals surface area contributed by atoms with Crippen molar-refractivity contribution < 1.29 is 5.11 Å². The lowest BCUT2D eigenvalue weighted by Gasteiger charge is -2.15. The Morgan fingerprint density at radius 3 is 2.93 bits per heavy atom. The fourth-order valence-corrected chi connectivity index (χ4v) is 2.45. The molecule has 1 atom stereocenters. The summed E-state index contributed by atoms with van der Waals surface area (Å²) in [5, 5.41) is 13.1. The van der Waals surface area contributed by atoms with Gasteiger partial charge in [-0.15, -0.1) is 0 Å². The number of hydrogen-bond acceptors (Lipinski definition) is 2. The molecule has 3 heteroatoms. The third-order valence-electron chi connectivity index (χ3n) is 2.89. The maximum Gasteiger partial charge on any atom is 0.119 e. The first-order valence-corrected chi connectivity index (χ1v) is 5.68. The van der Waals surface area contributed by atoms with E-state index in [0.29, 0.717) is 11.7 Å². The van der Waals surface area contributed by atoms with Gasteiger partial charge in [0.15, 0.2) is 0 Å². The fourth-order valence-electron chi connectivity index (χ4n) is 2.10. The van der Waals surface area contributed by atoms with Crippen molar-refractivity contribution in [3.05, 3.63) is 27.7 Å².